The fraction of sp³-hybridized carbons (Fsp3) is 1.00. The molecule has 0 aliphatic carbocycles. The molecule has 0 aliphatic rings. The molecule has 0 rings (SSSR count). The van der Waals surface area contributed by atoms with Crippen LogP contribution in [-0.2, 0) is 0 Å². The maximum Gasteiger partial charge on any atom is 0.460 e. The first-order valence-corrected chi connectivity index (χ1v) is 5.73. The summed E-state index contributed by atoms with van der Waals surface area (Å²) in [5.74, 6) is -48.8. The maximum absolute atomic E-state index is 13.0. The minimum atomic E-state index is -8.30. The van der Waals surface area contributed by atoms with E-state index in [1.165, 1.54) is 0 Å². The molecule has 0 saturated carbocycles. The average molecular weight is 468 g/mol. The van der Waals surface area contributed by atoms with Crippen molar-refractivity contribution in [1.82, 2.24) is 0 Å². The van der Waals surface area contributed by atoms with Crippen molar-refractivity contribution in [1.29, 1.82) is 0 Å². The van der Waals surface area contributed by atoms with E-state index in [1.807, 2.05) is 0 Å². The molecule has 0 aromatic heterocycles. The van der Waals surface area contributed by atoms with Gasteiger partial charge in [-0.25, -0.2) is 4.39 Å². The average Bonchev–Trinajstić information content (AvgIpc) is 2.42. The molecule has 1 unspecified atom stereocenters. The highest BCUT2D eigenvalue weighted by atomic mass is 19.4. The van der Waals surface area contributed by atoms with E-state index in [9.17, 15) is 79.0 Å². The predicted octanol–water partition coefficient (Wildman–Crippen LogP) is 5.28. The molecule has 170 valence electrons. The van der Waals surface area contributed by atoms with Gasteiger partial charge in [0.1, 0.15) is 0 Å². The van der Waals surface area contributed by atoms with Crippen molar-refractivity contribution < 1.29 is 84.1 Å². The Morgan fingerprint density at radius 3 is 0.893 bits per heavy atom. The Bertz CT molecular complexity index is 517. The fourth-order valence-corrected chi connectivity index (χ4v) is 1.33. The molecule has 0 amide bonds. The molecule has 0 heterocycles. The van der Waals surface area contributed by atoms with Crippen LogP contribution in [0.3, 0.4) is 0 Å². The first-order valence-electron chi connectivity index (χ1n) is 5.73. The second kappa shape index (κ2) is 6.35. The molecular weight excluding hydrogens is 466 g/mol. The second-order valence-electron chi connectivity index (χ2n) is 4.95. The molecule has 0 aromatic carbocycles. The maximum atomic E-state index is 13.0. The lowest BCUT2D eigenvalue weighted by Crippen LogP contribution is -2.71. The third kappa shape index (κ3) is 3.31. The van der Waals surface area contributed by atoms with Crippen LogP contribution in [0.4, 0.5) is 79.0 Å². The van der Waals surface area contributed by atoms with Crippen molar-refractivity contribution in [3.63, 3.8) is 0 Å². The third-order valence-electron chi connectivity index (χ3n) is 3.00. The van der Waals surface area contributed by atoms with Crippen molar-refractivity contribution in [3.05, 3.63) is 0 Å². The molecule has 0 spiro atoms. The van der Waals surface area contributed by atoms with Crippen LogP contribution < -0.4 is 0 Å². The third-order valence-corrected chi connectivity index (χ3v) is 3.00. The van der Waals surface area contributed by atoms with Crippen LogP contribution in [0.2, 0.25) is 0 Å². The van der Waals surface area contributed by atoms with Crippen LogP contribution in [-0.4, -0.2) is 59.1 Å². The van der Waals surface area contributed by atoms with Crippen molar-refractivity contribution >= 4 is 0 Å². The Balaban J connectivity index is 6.50. The quantitative estimate of drug-likeness (QED) is 0.505. The van der Waals surface area contributed by atoms with Crippen molar-refractivity contribution in [2.75, 3.05) is 0 Å². The number of aliphatic hydroxyl groups is 1. The van der Waals surface area contributed by atoms with Crippen molar-refractivity contribution in [2.45, 2.75) is 54.0 Å². The Kier molecular flexibility index (Phi) is 6.05. The van der Waals surface area contributed by atoms with Gasteiger partial charge < -0.3 is 5.11 Å². The SMILES string of the molecule is OC(F)(F)C(F)(F)C(F)(F)C(F)(F)C(F)C(F)(F)C(F)(F)C(F)(F)C(F)(F)F. The summed E-state index contributed by atoms with van der Waals surface area (Å²) >= 11 is 0. The van der Waals surface area contributed by atoms with Gasteiger partial charge in [0, 0.05) is 0 Å². The van der Waals surface area contributed by atoms with Crippen LogP contribution in [0.25, 0.3) is 0 Å². The van der Waals surface area contributed by atoms with E-state index in [2.05, 4.69) is 0 Å². The molecule has 0 saturated heterocycles. The van der Waals surface area contributed by atoms with E-state index in [0.29, 0.717) is 0 Å². The molecule has 0 radical (unpaired) electrons. The van der Waals surface area contributed by atoms with E-state index < -0.39 is 54.0 Å². The van der Waals surface area contributed by atoms with Gasteiger partial charge in [-0.3, -0.25) is 0 Å². The van der Waals surface area contributed by atoms with Crippen molar-refractivity contribution in [2.24, 2.45) is 0 Å². The lowest BCUT2D eigenvalue weighted by atomic mass is 9.90. The summed E-state index contributed by atoms with van der Waals surface area (Å²) in [5.41, 5.74) is 0. The van der Waals surface area contributed by atoms with Crippen LogP contribution in [0.1, 0.15) is 0 Å². The van der Waals surface area contributed by atoms with Gasteiger partial charge >= 0.3 is 47.8 Å². The lowest BCUT2D eigenvalue weighted by Gasteiger charge is -2.40. The zero-order valence-electron chi connectivity index (χ0n) is 11.8. The van der Waals surface area contributed by atoms with E-state index in [0.717, 1.165) is 0 Å². The zero-order chi connectivity index (χ0) is 23.6. The van der Waals surface area contributed by atoms with Crippen LogP contribution in [0.15, 0.2) is 0 Å². The molecule has 0 fully saturated rings. The number of rotatable bonds is 7. The number of hydrogen-bond donors (Lipinski definition) is 1. The zero-order valence-corrected chi connectivity index (χ0v) is 11.8. The van der Waals surface area contributed by atoms with Crippen LogP contribution in [0, 0.1) is 0 Å². The molecule has 0 aromatic rings. The summed E-state index contributed by atoms with van der Waals surface area (Å²) in [7, 11) is 0. The topological polar surface area (TPSA) is 20.2 Å². The summed E-state index contributed by atoms with van der Waals surface area (Å²) in [4.78, 5) is 0. The molecule has 1 nitrogen and oxygen atoms in total. The Morgan fingerprint density at radius 2 is 0.679 bits per heavy atom. The summed E-state index contributed by atoms with van der Waals surface area (Å²) in [5, 5.41) is 7.40. The number of hydrogen-bond acceptors (Lipinski definition) is 1. The molecular formula is C9H2F18O. The van der Waals surface area contributed by atoms with Gasteiger partial charge in [0.15, 0.2) is 0 Å². The van der Waals surface area contributed by atoms with Crippen LogP contribution in [0.5, 0.6) is 0 Å². The van der Waals surface area contributed by atoms with Crippen LogP contribution >= 0.6 is 0 Å². The van der Waals surface area contributed by atoms with Gasteiger partial charge in [0.25, 0.3) is 0 Å². The van der Waals surface area contributed by atoms with E-state index in [1.54, 1.807) is 0 Å². The summed E-state index contributed by atoms with van der Waals surface area (Å²) in [6.07, 6.45) is -22.0. The number of halogens is 18. The summed E-state index contributed by atoms with van der Waals surface area (Å²) in [6.45, 7) is 0. The highest BCUT2D eigenvalue weighted by Gasteiger charge is 2.90. The Hall–Kier alpha value is -1.30. The standard InChI is InChI=1S/C9H2F18O/c10-1(2(11,12)4(15,16)6(19,20)8(23,24)25)3(13,14)5(17,18)7(21,22)9(26,27)28/h1,28H. The van der Waals surface area contributed by atoms with E-state index >= 15 is 0 Å². The summed E-state index contributed by atoms with van der Waals surface area (Å²) < 4.78 is 225. The molecule has 1 atom stereocenters. The van der Waals surface area contributed by atoms with Gasteiger partial charge in [-0.1, -0.05) is 0 Å². The first kappa shape index (κ1) is 26.7. The lowest BCUT2D eigenvalue weighted by molar-refractivity contribution is -0.444. The number of alkyl halides is 18. The molecule has 1 N–H and O–H groups in total. The predicted molar refractivity (Wildman–Crippen MR) is 47.8 cm³/mol. The Labute approximate surface area is 139 Å². The van der Waals surface area contributed by atoms with E-state index in [4.69, 9.17) is 5.11 Å². The second-order valence-corrected chi connectivity index (χ2v) is 4.95. The summed E-state index contributed by atoms with van der Waals surface area (Å²) in [6, 6.07) is 0. The fourth-order valence-electron chi connectivity index (χ4n) is 1.33. The molecule has 0 bridgehead atoms. The van der Waals surface area contributed by atoms with E-state index in [-0.39, 0.29) is 0 Å². The monoisotopic (exact) mass is 468 g/mol. The Morgan fingerprint density at radius 1 is 0.429 bits per heavy atom. The molecule has 0 aliphatic heterocycles. The van der Waals surface area contributed by atoms with Gasteiger partial charge in [0.05, 0.1) is 0 Å². The highest BCUT2D eigenvalue weighted by Crippen LogP contribution is 2.60. The molecule has 19 heteroatoms. The van der Waals surface area contributed by atoms with Gasteiger partial charge in [-0.2, -0.15) is 74.6 Å². The van der Waals surface area contributed by atoms with Gasteiger partial charge in [-0.05, 0) is 0 Å². The normalized spacial score (nSPS) is 17.7. The minimum Gasteiger partial charge on any atom is -0.331 e. The molecule has 28 heavy (non-hydrogen) atoms. The first-order chi connectivity index (χ1) is 11.7. The van der Waals surface area contributed by atoms with Gasteiger partial charge in [-0.15, -0.1) is 0 Å². The van der Waals surface area contributed by atoms with Crippen molar-refractivity contribution in [3.8, 4) is 0 Å². The highest BCUT2D eigenvalue weighted by molar-refractivity contribution is 5.12. The largest absolute Gasteiger partial charge is 0.460 e. The van der Waals surface area contributed by atoms with Gasteiger partial charge in [0.2, 0.25) is 6.17 Å². The smallest absolute Gasteiger partial charge is 0.331 e. The minimum absolute atomic E-state index is 7.01.